The minimum absolute atomic E-state index is 0.0765. The number of carbonyl (C=O) groups is 3. The first-order valence-electron chi connectivity index (χ1n) is 12.2. The molecule has 0 spiro atoms. The monoisotopic (exact) mass is 482 g/mol. The van der Waals surface area contributed by atoms with E-state index in [1.165, 1.54) is 0 Å². The molecule has 1 aliphatic carbocycles. The molecule has 33 heavy (non-hydrogen) atoms. The lowest BCUT2D eigenvalue weighted by Gasteiger charge is -2.31. The van der Waals surface area contributed by atoms with Crippen LogP contribution in [0.1, 0.15) is 58.3 Å². The summed E-state index contributed by atoms with van der Waals surface area (Å²) in [5.41, 5.74) is 2.46. The first-order valence-corrected chi connectivity index (χ1v) is 13.2. The Bertz CT molecular complexity index is 707. The highest BCUT2D eigenvalue weighted by atomic mass is 32.2. The van der Waals surface area contributed by atoms with Gasteiger partial charge in [0.2, 0.25) is 11.7 Å². The topological polar surface area (TPSA) is 109 Å². The van der Waals surface area contributed by atoms with E-state index in [0.717, 1.165) is 44.3 Å². The summed E-state index contributed by atoms with van der Waals surface area (Å²) >= 11 is 1.56. The molecule has 1 saturated carbocycles. The molecular weight excluding hydrogens is 444 g/mol. The van der Waals surface area contributed by atoms with Crippen molar-refractivity contribution in [3.63, 3.8) is 0 Å². The Balaban J connectivity index is 1.65. The number of hydrogen-bond acceptors (Lipinski definition) is 7. The summed E-state index contributed by atoms with van der Waals surface area (Å²) in [6.07, 6.45) is 7.13. The van der Waals surface area contributed by atoms with E-state index in [0.29, 0.717) is 50.4 Å². The number of ether oxygens (including phenoxy) is 2. The lowest BCUT2D eigenvalue weighted by atomic mass is 9.85. The molecule has 0 bridgehead atoms. The zero-order valence-corrected chi connectivity index (χ0v) is 20.7. The second kappa shape index (κ2) is 13.3. The van der Waals surface area contributed by atoms with Crippen molar-refractivity contribution in [1.82, 2.24) is 15.6 Å². The maximum Gasteiger partial charge on any atom is 0.309 e. The molecule has 2 N–H and O–H groups in total. The lowest BCUT2D eigenvalue weighted by molar-refractivity contribution is -0.142. The van der Waals surface area contributed by atoms with E-state index >= 15 is 0 Å². The molecule has 0 aromatic carbocycles. The number of amides is 2. The number of amidine groups is 1. The summed E-state index contributed by atoms with van der Waals surface area (Å²) in [4.78, 5) is 41.0. The number of carbonyl (C=O) groups excluding carboxylic acids is 3. The minimum atomic E-state index is -0.840. The van der Waals surface area contributed by atoms with Crippen molar-refractivity contribution in [2.24, 2.45) is 16.9 Å². The third kappa shape index (κ3) is 7.16. The number of nitrogens with one attached hydrogen (secondary N) is 2. The van der Waals surface area contributed by atoms with Crippen LogP contribution < -0.4 is 10.7 Å². The van der Waals surface area contributed by atoms with Gasteiger partial charge in [0.1, 0.15) is 6.04 Å². The highest BCUT2D eigenvalue weighted by Crippen LogP contribution is 2.27. The number of thioether (sulfide) groups is 1. The van der Waals surface area contributed by atoms with Crippen molar-refractivity contribution in [1.29, 1.82) is 0 Å². The Morgan fingerprint density at radius 3 is 2.58 bits per heavy atom. The van der Waals surface area contributed by atoms with Crippen LogP contribution in [0.2, 0.25) is 0 Å². The number of nitrogens with zero attached hydrogens (tertiary/aromatic N) is 2. The summed E-state index contributed by atoms with van der Waals surface area (Å²) in [7, 11) is 1.65. The Morgan fingerprint density at radius 2 is 1.91 bits per heavy atom. The fraction of sp³-hybridized carbons (Fsp3) is 0.826. The average Bonchev–Trinajstić information content (AvgIpc) is 3.26. The van der Waals surface area contributed by atoms with E-state index in [9.17, 15) is 14.4 Å². The van der Waals surface area contributed by atoms with E-state index in [4.69, 9.17) is 9.47 Å². The van der Waals surface area contributed by atoms with Gasteiger partial charge in [-0.2, -0.15) is 0 Å². The van der Waals surface area contributed by atoms with E-state index < -0.39 is 17.7 Å². The van der Waals surface area contributed by atoms with Crippen LogP contribution in [0.5, 0.6) is 0 Å². The number of methoxy groups -OCH3 is 1. The fourth-order valence-electron chi connectivity index (χ4n) is 4.78. The normalized spacial score (nSPS) is 24.6. The summed E-state index contributed by atoms with van der Waals surface area (Å²) < 4.78 is 10.6. The van der Waals surface area contributed by atoms with Crippen LogP contribution in [0.15, 0.2) is 5.10 Å². The van der Waals surface area contributed by atoms with E-state index in [-0.39, 0.29) is 17.7 Å². The molecule has 186 valence electrons. The third-order valence-electron chi connectivity index (χ3n) is 6.87. The van der Waals surface area contributed by atoms with Crippen LogP contribution in [-0.4, -0.2) is 79.0 Å². The molecule has 3 fully saturated rings. The Hall–Kier alpha value is -1.65. The van der Waals surface area contributed by atoms with Gasteiger partial charge in [0.15, 0.2) is 5.17 Å². The van der Waals surface area contributed by atoms with Gasteiger partial charge in [-0.25, -0.2) is 5.43 Å². The van der Waals surface area contributed by atoms with Gasteiger partial charge < -0.3 is 19.7 Å². The molecule has 0 unspecified atom stereocenters. The summed E-state index contributed by atoms with van der Waals surface area (Å²) in [6.45, 7) is 4.40. The van der Waals surface area contributed by atoms with E-state index in [1.807, 2.05) is 0 Å². The van der Waals surface area contributed by atoms with Gasteiger partial charge in [-0.15, -0.1) is 5.10 Å². The highest BCUT2D eigenvalue weighted by molar-refractivity contribution is 8.14. The molecule has 0 aromatic heterocycles. The molecule has 10 heteroatoms. The molecule has 2 saturated heterocycles. The molecule has 0 aromatic rings. The number of rotatable bonds is 10. The third-order valence-corrected chi connectivity index (χ3v) is 8.00. The molecule has 2 aliphatic heterocycles. The van der Waals surface area contributed by atoms with Gasteiger partial charge in [-0.05, 0) is 38.0 Å². The van der Waals surface area contributed by atoms with Crippen LogP contribution in [0, 0.1) is 11.8 Å². The molecule has 0 radical (unpaired) electrons. The van der Waals surface area contributed by atoms with Crippen molar-refractivity contribution in [3.8, 4) is 0 Å². The Kier molecular flexibility index (Phi) is 10.5. The van der Waals surface area contributed by atoms with Gasteiger partial charge in [0, 0.05) is 44.6 Å². The number of hydrogen-bond donors (Lipinski definition) is 2. The van der Waals surface area contributed by atoms with E-state index in [1.54, 1.807) is 18.9 Å². The fourth-order valence-corrected chi connectivity index (χ4v) is 6.05. The highest BCUT2D eigenvalue weighted by Gasteiger charge is 2.37. The second-order valence-electron chi connectivity index (χ2n) is 9.03. The van der Waals surface area contributed by atoms with Crippen molar-refractivity contribution in [2.45, 2.75) is 70.4 Å². The van der Waals surface area contributed by atoms with Crippen LogP contribution in [-0.2, 0) is 23.9 Å². The van der Waals surface area contributed by atoms with E-state index in [2.05, 4.69) is 27.7 Å². The van der Waals surface area contributed by atoms with Gasteiger partial charge >= 0.3 is 5.91 Å². The zero-order valence-electron chi connectivity index (χ0n) is 19.8. The van der Waals surface area contributed by atoms with Gasteiger partial charge in [-0.3, -0.25) is 14.4 Å². The molecule has 2 heterocycles. The molecule has 2 atom stereocenters. The van der Waals surface area contributed by atoms with Crippen molar-refractivity contribution in [2.75, 3.05) is 39.2 Å². The standard InChI is InChI=1S/C23H38N4O5S/c1-3-18-15-33-23(27(18)11-14-31-2)26-25-22(30)20(28)19(16-9-12-32-13-10-16)24-21(29)17-7-5-4-6-8-17/h16-19H,3-15H2,1-2H3,(H,24,29)(H,25,30)/b26-23-/t18-,19-/m1/s1. The number of Topliss-reactive ketones (excluding diaryl/α,β-unsaturated/α-hetero) is 1. The first-order chi connectivity index (χ1) is 16.0. The van der Waals surface area contributed by atoms with Crippen LogP contribution in [0.25, 0.3) is 0 Å². The maximum atomic E-state index is 13.2. The largest absolute Gasteiger partial charge is 0.383 e. The molecular formula is C23H38N4O5S. The molecule has 3 aliphatic rings. The predicted molar refractivity (Wildman–Crippen MR) is 128 cm³/mol. The summed E-state index contributed by atoms with van der Waals surface area (Å²) in [6, 6.07) is -0.519. The molecule has 3 rings (SSSR count). The lowest BCUT2D eigenvalue weighted by Crippen LogP contribution is -2.53. The summed E-state index contributed by atoms with van der Waals surface area (Å²) in [5.74, 6) is -0.830. The first kappa shape index (κ1) is 26.0. The van der Waals surface area contributed by atoms with Gasteiger partial charge in [-0.1, -0.05) is 37.9 Å². The maximum absolute atomic E-state index is 13.2. The summed E-state index contributed by atoms with van der Waals surface area (Å²) in [5, 5.41) is 7.89. The Labute approximate surface area is 200 Å². The van der Waals surface area contributed by atoms with Gasteiger partial charge in [0.25, 0.3) is 0 Å². The Morgan fingerprint density at radius 1 is 1.18 bits per heavy atom. The number of hydrazone groups is 1. The van der Waals surface area contributed by atoms with Gasteiger partial charge in [0.05, 0.1) is 6.61 Å². The van der Waals surface area contributed by atoms with Crippen molar-refractivity contribution in [3.05, 3.63) is 0 Å². The quantitative estimate of drug-likeness (QED) is 0.362. The molecule has 2 amide bonds. The van der Waals surface area contributed by atoms with Crippen molar-refractivity contribution < 1.29 is 23.9 Å². The van der Waals surface area contributed by atoms with Crippen LogP contribution in [0.3, 0.4) is 0 Å². The second-order valence-corrected chi connectivity index (χ2v) is 10.0. The predicted octanol–water partition coefficient (Wildman–Crippen LogP) is 1.91. The smallest absolute Gasteiger partial charge is 0.309 e. The average molecular weight is 483 g/mol. The number of ketones is 1. The molecule has 9 nitrogen and oxygen atoms in total. The van der Waals surface area contributed by atoms with Crippen molar-refractivity contribution >= 4 is 34.5 Å². The van der Waals surface area contributed by atoms with Crippen LogP contribution >= 0.6 is 11.8 Å². The van der Waals surface area contributed by atoms with Crippen LogP contribution in [0.4, 0.5) is 0 Å². The minimum Gasteiger partial charge on any atom is -0.383 e. The zero-order chi connectivity index (χ0) is 23.6. The SMILES string of the molecule is CC[C@@H]1CS/C(=N\NC(=O)C(=O)[C@H](NC(=O)C2CCCCC2)C2CCOCC2)N1CCOC.